The Balaban J connectivity index is 1.97. The second-order valence-electron chi connectivity index (χ2n) is 6.36. The van der Waals surface area contributed by atoms with Crippen LogP contribution in [0.2, 0.25) is 0 Å². The zero-order chi connectivity index (χ0) is 13.2. The maximum atomic E-state index is 9.31. The maximum absolute atomic E-state index is 9.31. The Kier molecular flexibility index (Phi) is 4.64. The van der Waals surface area contributed by atoms with Gasteiger partial charge in [0.1, 0.15) is 0 Å². The van der Waals surface area contributed by atoms with Gasteiger partial charge in [0.05, 0.1) is 19.3 Å². The highest BCUT2D eigenvalue weighted by Gasteiger charge is 2.37. The molecule has 1 aliphatic carbocycles. The Labute approximate surface area is 110 Å². The van der Waals surface area contributed by atoms with Gasteiger partial charge in [-0.2, -0.15) is 0 Å². The van der Waals surface area contributed by atoms with Crippen LogP contribution in [0.3, 0.4) is 0 Å². The summed E-state index contributed by atoms with van der Waals surface area (Å²) in [6, 6.07) is 0.985. The number of hydrogen-bond acceptors (Lipinski definition) is 4. The second-order valence-corrected chi connectivity index (χ2v) is 6.36. The fourth-order valence-corrected chi connectivity index (χ4v) is 3.53. The van der Waals surface area contributed by atoms with Crippen molar-refractivity contribution in [2.24, 2.45) is 5.73 Å². The third-order valence-corrected chi connectivity index (χ3v) is 4.46. The van der Waals surface area contributed by atoms with Gasteiger partial charge < -0.3 is 15.6 Å². The Bertz CT molecular complexity index is 269. The number of fused-ring (bicyclic) bond motifs is 1. The van der Waals surface area contributed by atoms with Crippen LogP contribution in [0.5, 0.6) is 0 Å². The van der Waals surface area contributed by atoms with E-state index in [2.05, 4.69) is 11.8 Å². The van der Waals surface area contributed by atoms with E-state index in [0.717, 1.165) is 19.6 Å². The molecule has 2 fully saturated rings. The van der Waals surface area contributed by atoms with E-state index in [0.29, 0.717) is 18.2 Å². The molecule has 0 spiro atoms. The van der Waals surface area contributed by atoms with Crippen molar-refractivity contribution in [1.29, 1.82) is 0 Å². The largest absolute Gasteiger partial charge is 0.394 e. The van der Waals surface area contributed by atoms with Crippen molar-refractivity contribution >= 4 is 0 Å². The molecule has 4 atom stereocenters. The molecule has 4 heteroatoms. The van der Waals surface area contributed by atoms with E-state index in [-0.39, 0.29) is 6.61 Å². The SMILES string of the molecule is CC(CC(C)(N)CO)N1CCOC2CCCCC21. The molecule has 1 saturated heterocycles. The Morgan fingerprint density at radius 1 is 1.44 bits per heavy atom. The molecule has 106 valence electrons. The minimum absolute atomic E-state index is 0.0514. The van der Waals surface area contributed by atoms with Crippen molar-refractivity contribution in [1.82, 2.24) is 4.90 Å². The highest BCUT2D eigenvalue weighted by molar-refractivity contribution is 4.92. The van der Waals surface area contributed by atoms with Gasteiger partial charge in [-0.1, -0.05) is 12.8 Å². The van der Waals surface area contributed by atoms with Gasteiger partial charge in [-0.3, -0.25) is 4.90 Å². The molecule has 2 rings (SSSR count). The number of aliphatic hydroxyl groups excluding tert-OH is 1. The number of rotatable bonds is 4. The standard InChI is InChI=1S/C14H28N2O2/c1-11(9-14(2,15)10-17)16-7-8-18-13-6-4-3-5-12(13)16/h11-13,17H,3-10,15H2,1-2H3. The first-order chi connectivity index (χ1) is 8.53. The van der Waals surface area contributed by atoms with Crippen LogP contribution >= 0.6 is 0 Å². The van der Waals surface area contributed by atoms with Crippen LogP contribution in [0.1, 0.15) is 46.0 Å². The van der Waals surface area contributed by atoms with Gasteiger partial charge in [-0.25, -0.2) is 0 Å². The van der Waals surface area contributed by atoms with Crippen molar-refractivity contribution in [3.8, 4) is 0 Å². The Morgan fingerprint density at radius 2 is 2.17 bits per heavy atom. The van der Waals surface area contributed by atoms with Crippen LogP contribution in [0.4, 0.5) is 0 Å². The number of nitrogens with two attached hydrogens (primary N) is 1. The van der Waals surface area contributed by atoms with Gasteiger partial charge in [0.15, 0.2) is 0 Å². The monoisotopic (exact) mass is 256 g/mol. The lowest BCUT2D eigenvalue weighted by Gasteiger charge is -2.47. The number of ether oxygens (including phenoxy) is 1. The molecule has 1 aliphatic heterocycles. The fourth-order valence-electron chi connectivity index (χ4n) is 3.53. The average molecular weight is 256 g/mol. The molecule has 4 unspecified atom stereocenters. The quantitative estimate of drug-likeness (QED) is 0.791. The third kappa shape index (κ3) is 3.23. The van der Waals surface area contributed by atoms with Gasteiger partial charge >= 0.3 is 0 Å². The van der Waals surface area contributed by atoms with Gasteiger partial charge in [0, 0.05) is 24.2 Å². The molecule has 3 N–H and O–H groups in total. The normalized spacial score (nSPS) is 34.7. The zero-order valence-corrected chi connectivity index (χ0v) is 11.8. The fraction of sp³-hybridized carbons (Fsp3) is 1.00. The molecular weight excluding hydrogens is 228 g/mol. The van der Waals surface area contributed by atoms with Crippen molar-refractivity contribution in [2.75, 3.05) is 19.8 Å². The number of hydrogen-bond donors (Lipinski definition) is 2. The number of aliphatic hydroxyl groups is 1. The van der Waals surface area contributed by atoms with E-state index < -0.39 is 5.54 Å². The minimum atomic E-state index is -0.470. The van der Waals surface area contributed by atoms with E-state index in [9.17, 15) is 5.11 Å². The van der Waals surface area contributed by atoms with E-state index in [1.807, 2.05) is 6.92 Å². The molecule has 18 heavy (non-hydrogen) atoms. The molecule has 1 saturated carbocycles. The number of morpholine rings is 1. The lowest BCUT2D eigenvalue weighted by Crippen LogP contribution is -2.57. The lowest BCUT2D eigenvalue weighted by molar-refractivity contribution is -0.103. The maximum Gasteiger partial charge on any atom is 0.0731 e. The van der Waals surface area contributed by atoms with Crippen LogP contribution in [0, 0.1) is 0 Å². The molecule has 0 amide bonds. The molecule has 0 bridgehead atoms. The summed E-state index contributed by atoms with van der Waals surface area (Å²) in [7, 11) is 0. The van der Waals surface area contributed by atoms with Crippen LogP contribution in [-0.2, 0) is 4.74 Å². The van der Waals surface area contributed by atoms with Crippen LogP contribution in [-0.4, -0.2) is 53.5 Å². The zero-order valence-electron chi connectivity index (χ0n) is 11.8. The third-order valence-electron chi connectivity index (χ3n) is 4.46. The summed E-state index contributed by atoms with van der Waals surface area (Å²) in [4.78, 5) is 2.56. The summed E-state index contributed by atoms with van der Waals surface area (Å²) in [6.07, 6.45) is 6.33. The molecule has 0 aromatic carbocycles. The second kappa shape index (κ2) is 5.87. The van der Waals surface area contributed by atoms with Gasteiger partial charge in [-0.15, -0.1) is 0 Å². The van der Waals surface area contributed by atoms with Crippen molar-refractivity contribution < 1.29 is 9.84 Å². The summed E-state index contributed by atoms with van der Waals surface area (Å²) in [5.41, 5.74) is 5.61. The van der Waals surface area contributed by atoms with Gasteiger partial charge in [-0.05, 0) is 33.1 Å². The Hall–Kier alpha value is -0.160. The predicted molar refractivity (Wildman–Crippen MR) is 72.5 cm³/mol. The van der Waals surface area contributed by atoms with E-state index >= 15 is 0 Å². The summed E-state index contributed by atoms with van der Waals surface area (Å²) in [6.45, 7) is 6.06. The van der Waals surface area contributed by atoms with Crippen LogP contribution in [0.25, 0.3) is 0 Å². The molecule has 1 heterocycles. The summed E-state index contributed by atoms with van der Waals surface area (Å²) in [5, 5.41) is 9.31. The first-order valence-corrected chi connectivity index (χ1v) is 7.30. The molecule has 4 nitrogen and oxygen atoms in total. The first-order valence-electron chi connectivity index (χ1n) is 7.30. The minimum Gasteiger partial charge on any atom is -0.394 e. The molecular formula is C14H28N2O2. The van der Waals surface area contributed by atoms with E-state index in [4.69, 9.17) is 10.5 Å². The summed E-state index contributed by atoms with van der Waals surface area (Å²) in [5.74, 6) is 0. The molecule has 0 radical (unpaired) electrons. The predicted octanol–water partition coefficient (Wildman–Crippen LogP) is 1.12. The molecule has 0 aromatic heterocycles. The van der Waals surface area contributed by atoms with Gasteiger partial charge in [0.25, 0.3) is 0 Å². The summed E-state index contributed by atoms with van der Waals surface area (Å²) < 4.78 is 5.90. The average Bonchev–Trinajstić information content (AvgIpc) is 2.37. The van der Waals surface area contributed by atoms with E-state index in [1.54, 1.807) is 0 Å². The van der Waals surface area contributed by atoms with Crippen LogP contribution < -0.4 is 5.73 Å². The smallest absolute Gasteiger partial charge is 0.0731 e. The number of nitrogens with zero attached hydrogens (tertiary/aromatic N) is 1. The first kappa shape index (κ1) is 14.3. The van der Waals surface area contributed by atoms with Crippen molar-refractivity contribution in [2.45, 2.75) is 69.7 Å². The topological polar surface area (TPSA) is 58.7 Å². The van der Waals surface area contributed by atoms with Gasteiger partial charge in [0.2, 0.25) is 0 Å². The lowest BCUT2D eigenvalue weighted by atomic mass is 9.87. The molecule has 2 aliphatic rings. The van der Waals surface area contributed by atoms with Crippen molar-refractivity contribution in [3.05, 3.63) is 0 Å². The summed E-state index contributed by atoms with van der Waals surface area (Å²) >= 11 is 0. The van der Waals surface area contributed by atoms with E-state index in [1.165, 1.54) is 25.7 Å². The van der Waals surface area contributed by atoms with Crippen molar-refractivity contribution in [3.63, 3.8) is 0 Å². The highest BCUT2D eigenvalue weighted by Crippen LogP contribution is 2.31. The molecule has 0 aromatic rings. The van der Waals surface area contributed by atoms with Crippen LogP contribution in [0.15, 0.2) is 0 Å². The highest BCUT2D eigenvalue weighted by atomic mass is 16.5. The Morgan fingerprint density at radius 3 is 2.89 bits per heavy atom.